The first-order chi connectivity index (χ1) is 14.1. The Hall–Kier alpha value is -2.73. The minimum Gasteiger partial charge on any atom is -0.338 e. The third-order valence-electron chi connectivity index (χ3n) is 5.57. The fraction of sp³-hybridized carbons (Fsp3) is 0.435. The SMILES string of the molecule is CCC(=O)Nc1ccc(C(=O)N2CCC(N(C)CCc3ccccc3)CC2)cn1. The summed E-state index contributed by atoms with van der Waals surface area (Å²) in [5.74, 6) is 0.401. The van der Waals surface area contributed by atoms with Crippen molar-refractivity contribution in [1.29, 1.82) is 0 Å². The lowest BCUT2D eigenvalue weighted by Crippen LogP contribution is -2.46. The second kappa shape index (κ2) is 10.2. The lowest BCUT2D eigenvalue weighted by atomic mass is 10.0. The number of carbonyl (C=O) groups is 2. The molecule has 1 aromatic carbocycles. The van der Waals surface area contributed by atoms with Crippen molar-refractivity contribution in [3.05, 3.63) is 59.8 Å². The van der Waals surface area contributed by atoms with Crippen LogP contribution in [0.2, 0.25) is 0 Å². The summed E-state index contributed by atoms with van der Waals surface area (Å²) >= 11 is 0. The van der Waals surface area contributed by atoms with Crippen LogP contribution >= 0.6 is 0 Å². The van der Waals surface area contributed by atoms with Gasteiger partial charge in [0, 0.05) is 38.3 Å². The lowest BCUT2D eigenvalue weighted by Gasteiger charge is -2.36. The molecule has 0 aliphatic carbocycles. The fourth-order valence-corrected chi connectivity index (χ4v) is 3.65. The van der Waals surface area contributed by atoms with Crippen molar-refractivity contribution >= 4 is 17.6 Å². The van der Waals surface area contributed by atoms with E-state index in [1.807, 2.05) is 11.0 Å². The van der Waals surface area contributed by atoms with Crippen LogP contribution in [0.1, 0.15) is 42.1 Å². The molecule has 1 aliphatic rings. The number of benzene rings is 1. The van der Waals surface area contributed by atoms with Gasteiger partial charge in [-0.05, 0) is 44.0 Å². The third-order valence-corrected chi connectivity index (χ3v) is 5.57. The summed E-state index contributed by atoms with van der Waals surface area (Å²) < 4.78 is 0. The van der Waals surface area contributed by atoms with Gasteiger partial charge >= 0.3 is 0 Å². The maximum absolute atomic E-state index is 12.8. The monoisotopic (exact) mass is 394 g/mol. The molecule has 1 saturated heterocycles. The van der Waals surface area contributed by atoms with Crippen LogP contribution in [0.5, 0.6) is 0 Å². The van der Waals surface area contributed by atoms with Crippen molar-refractivity contribution in [2.24, 2.45) is 0 Å². The molecule has 2 aromatic rings. The number of rotatable bonds is 7. The summed E-state index contributed by atoms with van der Waals surface area (Å²) in [4.78, 5) is 32.7. The maximum Gasteiger partial charge on any atom is 0.255 e. The van der Waals surface area contributed by atoms with E-state index in [-0.39, 0.29) is 11.8 Å². The number of carbonyl (C=O) groups excluding carboxylic acids is 2. The first kappa shape index (κ1) is 21.0. The van der Waals surface area contributed by atoms with Crippen molar-refractivity contribution in [1.82, 2.24) is 14.8 Å². The second-order valence-corrected chi connectivity index (χ2v) is 7.57. The summed E-state index contributed by atoms with van der Waals surface area (Å²) in [5.41, 5.74) is 1.92. The van der Waals surface area contributed by atoms with E-state index in [4.69, 9.17) is 0 Å². The van der Waals surface area contributed by atoms with Gasteiger partial charge in [0.15, 0.2) is 0 Å². The second-order valence-electron chi connectivity index (χ2n) is 7.57. The minimum absolute atomic E-state index is 0.0104. The van der Waals surface area contributed by atoms with Crippen molar-refractivity contribution in [3.63, 3.8) is 0 Å². The number of nitrogens with zero attached hydrogens (tertiary/aromatic N) is 3. The number of likely N-dealkylation sites (tertiary alicyclic amines) is 1. The Morgan fingerprint density at radius 3 is 2.48 bits per heavy atom. The standard InChI is InChI=1S/C23H30N4O2/c1-3-22(28)25-21-10-9-19(17-24-21)23(29)27-15-12-20(13-16-27)26(2)14-11-18-7-5-4-6-8-18/h4-10,17,20H,3,11-16H2,1-2H3,(H,24,25,28). The Morgan fingerprint density at radius 1 is 1.14 bits per heavy atom. The van der Waals surface area contributed by atoms with Crippen molar-refractivity contribution < 1.29 is 9.59 Å². The largest absolute Gasteiger partial charge is 0.338 e. The van der Waals surface area contributed by atoms with E-state index in [1.54, 1.807) is 25.3 Å². The van der Waals surface area contributed by atoms with Crippen LogP contribution in [0.15, 0.2) is 48.7 Å². The van der Waals surface area contributed by atoms with Gasteiger partial charge in [0.05, 0.1) is 5.56 Å². The summed E-state index contributed by atoms with van der Waals surface area (Å²) in [7, 11) is 2.18. The molecule has 6 heteroatoms. The number of piperidine rings is 1. The predicted octanol–water partition coefficient (Wildman–Crippen LogP) is 3.21. The first-order valence-corrected chi connectivity index (χ1v) is 10.4. The Bertz CT molecular complexity index is 799. The quantitative estimate of drug-likeness (QED) is 0.783. The van der Waals surface area contributed by atoms with Gasteiger partial charge in [-0.2, -0.15) is 0 Å². The lowest BCUT2D eigenvalue weighted by molar-refractivity contribution is -0.115. The van der Waals surface area contributed by atoms with Crippen LogP contribution in [-0.2, 0) is 11.2 Å². The van der Waals surface area contributed by atoms with Gasteiger partial charge < -0.3 is 15.1 Å². The Balaban J connectivity index is 1.47. The number of likely N-dealkylation sites (N-methyl/N-ethyl adjacent to an activating group) is 1. The van der Waals surface area contributed by atoms with Gasteiger partial charge in [-0.15, -0.1) is 0 Å². The molecule has 0 saturated carbocycles. The van der Waals surface area contributed by atoms with Crippen LogP contribution in [0, 0.1) is 0 Å². The molecule has 154 valence electrons. The molecule has 3 rings (SSSR count). The van der Waals surface area contributed by atoms with Crippen LogP contribution < -0.4 is 5.32 Å². The fourth-order valence-electron chi connectivity index (χ4n) is 3.65. The highest BCUT2D eigenvalue weighted by Gasteiger charge is 2.26. The number of hydrogen-bond acceptors (Lipinski definition) is 4. The molecule has 1 fully saturated rings. The van der Waals surface area contributed by atoms with Crippen LogP contribution in [-0.4, -0.2) is 59.3 Å². The van der Waals surface area contributed by atoms with Gasteiger partial charge in [0.2, 0.25) is 5.91 Å². The van der Waals surface area contributed by atoms with Crippen LogP contribution in [0.25, 0.3) is 0 Å². The number of hydrogen-bond donors (Lipinski definition) is 1. The van der Waals surface area contributed by atoms with E-state index < -0.39 is 0 Å². The molecule has 1 aromatic heterocycles. The highest BCUT2D eigenvalue weighted by Crippen LogP contribution is 2.18. The van der Waals surface area contributed by atoms with Crippen LogP contribution in [0.4, 0.5) is 5.82 Å². The summed E-state index contributed by atoms with van der Waals surface area (Å²) in [6.07, 6.45) is 4.95. The summed E-state index contributed by atoms with van der Waals surface area (Å²) in [6.45, 7) is 4.33. The van der Waals surface area contributed by atoms with Gasteiger partial charge in [0.1, 0.15) is 5.82 Å². The first-order valence-electron chi connectivity index (χ1n) is 10.4. The molecule has 6 nitrogen and oxygen atoms in total. The molecule has 0 spiro atoms. The number of pyridine rings is 1. The Kier molecular flexibility index (Phi) is 7.36. The van der Waals surface area contributed by atoms with E-state index in [1.165, 1.54) is 5.56 Å². The highest BCUT2D eigenvalue weighted by atomic mass is 16.2. The molecule has 1 aliphatic heterocycles. The molecule has 0 radical (unpaired) electrons. The molecule has 0 unspecified atom stereocenters. The van der Waals surface area contributed by atoms with Gasteiger partial charge in [-0.1, -0.05) is 37.3 Å². The van der Waals surface area contributed by atoms with Crippen molar-refractivity contribution in [2.75, 3.05) is 32.0 Å². The Labute approximate surface area is 172 Å². The van der Waals surface area contributed by atoms with Crippen molar-refractivity contribution in [2.45, 2.75) is 38.6 Å². The van der Waals surface area contributed by atoms with Gasteiger partial charge in [0.25, 0.3) is 5.91 Å². The highest BCUT2D eigenvalue weighted by molar-refractivity contribution is 5.95. The Morgan fingerprint density at radius 2 is 1.86 bits per heavy atom. The smallest absolute Gasteiger partial charge is 0.255 e. The van der Waals surface area contributed by atoms with E-state index in [2.05, 4.69) is 46.5 Å². The number of amides is 2. The molecular formula is C23H30N4O2. The normalized spacial score (nSPS) is 14.8. The molecule has 29 heavy (non-hydrogen) atoms. The topological polar surface area (TPSA) is 65.5 Å². The van der Waals surface area contributed by atoms with Gasteiger partial charge in [-0.3, -0.25) is 9.59 Å². The zero-order valence-electron chi connectivity index (χ0n) is 17.3. The maximum atomic E-state index is 12.8. The predicted molar refractivity (Wildman–Crippen MR) is 115 cm³/mol. The van der Waals surface area contributed by atoms with Crippen molar-refractivity contribution in [3.8, 4) is 0 Å². The van der Waals surface area contributed by atoms with Crippen LogP contribution in [0.3, 0.4) is 0 Å². The molecule has 0 atom stereocenters. The summed E-state index contributed by atoms with van der Waals surface area (Å²) in [6, 6.07) is 14.5. The van der Waals surface area contributed by atoms with E-state index in [0.29, 0.717) is 23.8 Å². The average molecular weight is 395 g/mol. The summed E-state index contributed by atoms with van der Waals surface area (Å²) in [5, 5.41) is 2.70. The number of anilines is 1. The molecule has 2 amide bonds. The van der Waals surface area contributed by atoms with E-state index in [9.17, 15) is 9.59 Å². The molecule has 2 heterocycles. The van der Waals surface area contributed by atoms with E-state index >= 15 is 0 Å². The third kappa shape index (κ3) is 5.87. The molecular weight excluding hydrogens is 364 g/mol. The van der Waals surface area contributed by atoms with E-state index in [0.717, 1.165) is 38.9 Å². The number of aromatic nitrogens is 1. The van der Waals surface area contributed by atoms with Gasteiger partial charge in [-0.25, -0.2) is 4.98 Å². The average Bonchev–Trinajstić information content (AvgIpc) is 2.78. The minimum atomic E-state index is -0.0879. The zero-order valence-corrected chi connectivity index (χ0v) is 17.3. The molecule has 1 N–H and O–H groups in total. The zero-order chi connectivity index (χ0) is 20.6. The number of nitrogens with one attached hydrogen (secondary N) is 1. The molecule has 0 bridgehead atoms.